The van der Waals surface area contributed by atoms with Crippen LogP contribution in [0.5, 0.6) is 5.75 Å². The number of halogens is 2. The molecule has 0 radical (unpaired) electrons. The third-order valence-corrected chi connectivity index (χ3v) is 2.70. The predicted octanol–water partition coefficient (Wildman–Crippen LogP) is 2.10. The maximum absolute atomic E-state index is 11.5. The summed E-state index contributed by atoms with van der Waals surface area (Å²) in [5, 5.41) is 11.1. The molecule has 0 aliphatic carbocycles. The minimum absolute atomic E-state index is 0.221. The van der Waals surface area contributed by atoms with E-state index in [2.05, 4.69) is 0 Å². The number of nitrogens with two attached hydrogens (primary N) is 1. The highest BCUT2D eigenvalue weighted by atomic mass is 35.5. The maximum atomic E-state index is 11.5. The third-order valence-electron chi connectivity index (χ3n) is 2.14. The van der Waals surface area contributed by atoms with Crippen LogP contribution in [-0.4, -0.2) is 19.0 Å². The van der Waals surface area contributed by atoms with Crippen LogP contribution >= 0.6 is 23.2 Å². The summed E-state index contributed by atoms with van der Waals surface area (Å²) in [6, 6.07) is 3.51. The Hall–Kier alpha value is -2.23. The second-order valence-electron chi connectivity index (χ2n) is 3.51. The molecule has 3 N–H and O–H groups in total. The Labute approximate surface area is 124 Å². The molecule has 0 aliphatic heterocycles. The minimum Gasteiger partial charge on any atom is -0.494 e. The Morgan fingerprint density at radius 1 is 1.40 bits per heavy atom. The molecule has 0 aliphatic rings. The lowest BCUT2D eigenvalue weighted by atomic mass is 10.1. The fraction of sp³-hybridized carbons (Fsp3) is 0.0833. The Morgan fingerprint density at radius 3 is 2.35 bits per heavy atom. The second kappa shape index (κ2) is 6.80. The average molecular weight is 314 g/mol. The van der Waals surface area contributed by atoms with Crippen LogP contribution in [0.1, 0.15) is 5.56 Å². The molecule has 0 bridgehead atoms. The number of urea groups is 1. The van der Waals surface area contributed by atoms with Crippen molar-refractivity contribution in [1.82, 2.24) is 5.32 Å². The number of carbonyl (C=O) groups is 2. The third kappa shape index (κ3) is 3.88. The number of primary amides is 1. The zero-order valence-electron chi connectivity index (χ0n) is 10.2. The molecule has 1 aromatic rings. The SMILES string of the molecule is COc1c(Cl)cc(/C=C(/C#N)C(=O)NC(N)=O)cc1Cl. The van der Waals surface area contributed by atoms with Crippen LogP contribution in [-0.2, 0) is 4.79 Å². The van der Waals surface area contributed by atoms with Crippen molar-refractivity contribution in [3.05, 3.63) is 33.3 Å². The van der Waals surface area contributed by atoms with Crippen LogP contribution in [0, 0.1) is 11.3 Å². The van der Waals surface area contributed by atoms with E-state index in [0.29, 0.717) is 5.56 Å². The van der Waals surface area contributed by atoms with Gasteiger partial charge in [0.15, 0.2) is 5.75 Å². The number of benzene rings is 1. The number of nitriles is 1. The standard InChI is InChI=1S/C12H9Cl2N3O3/c1-20-10-8(13)3-6(4-9(10)14)2-7(5-15)11(18)17-12(16)19/h2-4H,1H3,(H3,16,17,18,19)/b7-2-. The number of nitrogens with zero attached hydrogens (tertiary/aromatic N) is 1. The fourth-order valence-corrected chi connectivity index (χ4v) is 2.01. The van der Waals surface area contributed by atoms with Gasteiger partial charge in [-0.3, -0.25) is 10.1 Å². The Kier molecular flexibility index (Phi) is 5.38. The highest BCUT2D eigenvalue weighted by Gasteiger charge is 2.13. The summed E-state index contributed by atoms with van der Waals surface area (Å²) >= 11 is 11.9. The van der Waals surface area contributed by atoms with Gasteiger partial charge in [-0.2, -0.15) is 5.26 Å². The maximum Gasteiger partial charge on any atom is 0.319 e. The highest BCUT2D eigenvalue weighted by Crippen LogP contribution is 2.34. The van der Waals surface area contributed by atoms with Gasteiger partial charge in [-0.15, -0.1) is 0 Å². The smallest absolute Gasteiger partial charge is 0.319 e. The summed E-state index contributed by atoms with van der Waals surface area (Å²) in [6.07, 6.45) is 1.22. The average Bonchev–Trinajstić information content (AvgIpc) is 2.34. The molecule has 0 aromatic heterocycles. The van der Waals surface area contributed by atoms with Crippen LogP contribution in [0.4, 0.5) is 4.79 Å². The van der Waals surface area contributed by atoms with E-state index >= 15 is 0 Å². The first kappa shape index (κ1) is 15.8. The van der Waals surface area contributed by atoms with E-state index in [1.807, 2.05) is 0 Å². The van der Waals surface area contributed by atoms with E-state index in [1.165, 1.54) is 25.3 Å². The lowest BCUT2D eigenvalue weighted by Crippen LogP contribution is -2.35. The van der Waals surface area contributed by atoms with Gasteiger partial charge in [0.2, 0.25) is 0 Å². The van der Waals surface area contributed by atoms with Crippen LogP contribution in [0.2, 0.25) is 10.0 Å². The van der Waals surface area contributed by atoms with Gasteiger partial charge in [0.1, 0.15) is 11.6 Å². The summed E-state index contributed by atoms with van der Waals surface area (Å²) in [5.74, 6) is -0.631. The molecule has 1 aromatic carbocycles. The van der Waals surface area contributed by atoms with Gasteiger partial charge >= 0.3 is 6.03 Å². The van der Waals surface area contributed by atoms with Crippen LogP contribution in [0.25, 0.3) is 6.08 Å². The number of hydrogen-bond donors (Lipinski definition) is 2. The van der Waals surface area contributed by atoms with Crippen LogP contribution in [0.3, 0.4) is 0 Å². The molecule has 8 heteroatoms. The molecule has 0 atom stereocenters. The molecule has 104 valence electrons. The van der Waals surface area contributed by atoms with Crippen LogP contribution < -0.4 is 15.8 Å². The van der Waals surface area contributed by atoms with Crippen molar-refractivity contribution >= 4 is 41.2 Å². The second-order valence-corrected chi connectivity index (χ2v) is 4.32. The van der Waals surface area contributed by atoms with Gasteiger partial charge in [-0.05, 0) is 23.8 Å². The summed E-state index contributed by atoms with van der Waals surface area (Å²) in [6.45, 7) is 0. The molecule has 0 unspecified atom stereocenters. The molecule has 20 heavy (non-hydrogen) atoms. The van der Waals surface area contributed by atoms with Crippen molar-refractivity contribution in [2.45, 2.75) is 0 Å². The van der Waals surface area contributed by atoms with Crippen molar-refractivity contribution < 1.29 is 14.3 Å². The first-order valence-corrected chi connectivity index (χ1v) is 5.90. The summed E-state index contributed by atoms with van der Waals surface area (Å²) in [7, 11) is 1.41. The molecule has 0 saturated heterocycles. The number of hydrogen-bond acceptors (Lipinski definition) is 4. The number of imide groups is 1. The first-order chi connectivity index (χ1) is 9.38. The number of methoxy groups -OCH3 is 1. The van der Waals surface area contributed by atoms with E-state index < -0.39 is 11.9 Å². The zero-order valence-corrected chi connectivity index (χ0v) is 11.7. The first-order valence-electron chi connectivity index (χ1n) is 5.14. The Morgan fingerprint density at radius 2 is 1.95 bits per heavy atom. The van der Waals surface area contributed by atoms with Crippen molar-refractivity contribution in [2.75, 3.05) is 7.11 Å². The number of carbonyl (C=O) groups excluding carboxylic acids is 2. The largest absolute Gasteiger partial charge is 0.494 e. The highest BCUT2D eigenvalue weighted by molar-refractivity contribution is 6.37. The lowest BCUT2D eigenvalue weighted by molar-refractivity contribution is -0.115. The van der Waals surface area contributed by atoms with E-state index in [4.69, 9.17) is 38.9 Å². The van der Waals surface area contributed by atoms with Gasteiger partial charge in [-0.1, -0.05) is 23.2 Å². The number of amides is 3. The van der Waals surface area contributed by atoms with Gasteiger partial charge in [-0.25, -0.2) is 4.79 Å². The molecule has 0 fully saturated rings. The van der Waals surface area contributed by atoms with E-state index in [0.717, 1.165) is 0 Å². The molecule has 0 spiro atoms. The molecule has 1 rings (SSSR count). The zero-order chi connectivity index (χ0) is 15.3. The van der Waals surface area contributed by atoms with Crippen LogP contribution in [0.15, 0.2) is 17.7 Å². The molecular weight excluding hydrogens is 305 g/mol. The lowest BCUT2D eigenvalue weighted by Gasteiger charge is -2.07. The normalized spacial score (nSPS) is 10.6. The summed E-state index contributed by atoms with van der Waals surface area (Å²) < 4.78 is 4.97. The summed E-state index contributed by atoms with van der Waals surface area (Å²) in [5.41, 5.74) is 4.88. The quantitative estimate of drug-likeness (QED) is 0.658. The molecule has 6 nitrogen and oxygen atoms in total. The van der Waals surface area contributed by atoms with Gasteiger partial charge in [0, 0.05) is 0 Å². The fourth-order valence-electron chi connectivity index (χ4n) is 1.35. The van der Waals surface area contributed by atoms with Crippen molar-refractivity contribution in [2.24, 2.45) is 5.73 Å². The van der Waals surface area contributed by atoms with Gasteiger partial charge < -0.3 is 10.5 Å². The van der Waals surface area contributed by atoms with Crippen molar-refractivity contribution in [1.29, 1.82) is 5.26 Å². The Bertz CT molecular complexity index is 612. The number of rotatable bonds is 3. The monoisotopic (exact) mass is 313 g/mol. The number of nitrogens with one attached hydrogen (secondary N) is 1. The van der Waals surface area contributed by atoms with Gasteiger partial charge in [0.25, 0.3) is 5.91 Å². The van der Waals surface area contributed by atoms with Gasteiger partial charge in [0.05, 0.1) is 17.2 Å². The molecule has 3 amide bonds. The molecule has 0 heterocycles. The molecule has 0 saturated carbocycles. The summed E-state index contributed by atoms with van der Waals surface area (Å²) in [4.78, 5) is 22.1. The topological polar surface area (TPSA) is 105 Å². The molecular formula is C12H9Cl2N3O3. The van der Waals surface area contributed by atoms with Crippen molar-refractivity contribution in [3.8, 4) is 11.8 Å². The van der Waals surface area contributed by atoms with E-state index in [-0.39, 0.29) is 21.4 Å². The predicted molar refractivity (Wildman–Crippen MR) is 74.3 cm³/mol. The van der Waals surface area contributed by atoms with Crippen molar-refractivity contribution in [3.63, 3.8) is 0 Å². The number of ether oxygens (including phenoxy) is 1. The van der Waals surface area contributed by atoms with E-state index in [9.17, 15) is 9.59 Å². The Balaban J connectivity index is 3.18. The minimum atomic E-state index is -1.05. The van der Waals surface area contributed by atoms with E-state index in [1.54, 1.807) is 11.4 Å².